The van der Waals surface area contributed by atoms with Crippen LogP contribution in [0, 0.1) is 0 Å². The van der Waals surface area contributed by atoms with E-state index in [1.165, 1.54) is 11.1 Å². The zero-order valence-electron chi connectivity index (χ0n) is 11.5. The molecule has 19 heavy (non-hydrogen) atoms. The number of aromatic nitrogens is 1. The van der Waals surface area contributed by atoms with Gasteiger partial charge in [-0.25, -0.2) is 4.98 Å². The van der Waals surface area contributed by atoms with Gasteiger partial charge in [0.25, 0.3) is 5.91 Å². The highest BCUT2D eigenvalue weighted by Gasteiger charge is 2.15. The molecule has 1 aromatic rings. The molecule has 1 amide bonds. The predicted molar refractivity (Wildman–Crippen MR) is 72.4 cm³/mol. The van der Waals surface area contributed by atoms with Gasteiger partial charge in [0.1, 0.15) is 5.82 Å². The fourth-order valence-corrected chi connectivity index (χ4v) is 1.59. The zero-order chi connectivity index (χ0) is 14.4. The lowest BCUT2D eigenvalue weighted by Gasteiger charge is -2.20. The van der Waals surface area contributed by atoms with Gasteiger partial charge in [0.15, 0.2) is 0 Å². The van der Waals surface area contributed by atoms with E-state index >= 15 is 0 Å². The lowest BCUT2D eigenvalue weighted by Crippen LogP contribution is -2.33. The van der Waals surface area contributed by atoms with E-state index in [4.69, 9.17) is 5.11 Å². The topological polar surface area (TPSA) is 73.7 Å². The second-order valence-corrected chi connectivity index (χ2v) is 4.33. The quantitative estimate of drug-likeness (QED) is 0.833. The number of amides is 1. The highest BCUT2D eigenvalue weighted by molar-refractivity contribution is 5.94. The third kappa shape index (κ3) is 4.24. The number of anilines is 1. The maximum absolute atomic E-state index is 12.1. The largest absolute Gasteiger partial charge is 0.481 e. The highest BCUT2D eigenvalue weighted by Crippen LogP contribution is 2.10. The molecule has 1 heterocycles. The summed E-state index contributed by atoms with van der Waals surface area (Å²) in [6.07, 6.45) is 1.46. The van der Waals surface area contributed by atoms with E-state index < -0.39 is 5.97 Å². The Kier molecular flexibility index (Phi) is 5.29. The third-order valence-corrected chi connectivity index (χ3v) is 2.72. The Hall–Kier alpha value is -2.11. The molecule has 0 atom stereocenters. The maximum atomic E-state index is 12.1. The lowest BCUT2D eigenvalue weighted by atomic mass is 10.2. The molecule has 0 aliphatic carbocycles. The molecule has 104 valence electrons. The fourth-order valence-electron chi connectivity index (χ4n) is 1.59. The van der Waals surface area contributed by atoms with Crippen molar-refractivity contribution in [2.75, 3.05) is 32.1 Å². The average Bonchev–Trinajstić information content (AvgIpc) is 2.39. The fraction of sp³-hybridized carbons (Fsp3) is 0.462. The van der Waals surface area contributed by atoms with Gasteiger partial charge in [0.2, 0.25) is 0 Å². The number of hydrogen-bond acceptors (Lipinski definition) is 4. The monoisotopic (exact) mass is 265 g/mol. The molecule has 0 bridgehead atoms. The van der Waals surface area contributed by atoms with Crippen LogP contribution in [0.4, 0.5) is 5.82 Å². The van der Waals surface area contributed by atoms with Crippen LogP contribution < -0.4 is 4.90 Å². The number of carboxylic acid groups (broad SMARTS) is 1. The van der Waals surface area contributed by atoms with Crippen LogP contribution in [0.2, 0.25) is 0 Å². The molecule has 6 heteroatoms. The molecular weight excluding hydrogens is 246 g/mol. The highest BCUT2D eigenvalue weighted by atomic mass is 16.4. The van der Waals surface area contributed by atoms with Crippen molar-refractivity contribution in [1.82, 2.24) is 9.88 Å². The van der Waals surface area contributed by atoms with E-state index in [0.717, 1.165) is 5.82 Å². The number of nitrogens with zero attached hydrogens (tertiary/aromatic N) is 3. The molecule has 0 aliphatic heterocycles. The lowest BCUT2D eigenvalue weighted by molar-refractivity contribution is -0.137. The molecule has 0 spiro atoms. The summed E-state index contributed by atoms with van der Waals surface area (Å²) in [6, 6.07) is 3.46. The Balaban J connectivity index is 2.76. The Morgan fingerprint density at radius 1 is 1.32 bits per heavy atom. The molecule has 1 rings (SSSR count). The summed E-state index contributed by atoms with van der Waals surface area (Å²) in [6.45, 7) is 2.50. The van der Waals surface area contributed by atoms with Crippen LogP contribution in [0.15, 0.2) is 18.3 Å². The summed E-state index contributed by atoms with van der Waals surface area (Å²) in [5.74, 6) is -0.334. The zero-order valence-corrected chi connectivity index (χ0v) is 11.5. The second kappa shape index (κ2) is 6.72. The van der Waals surface area contributed by atoms with Gasteiger partial charge in [-0.05, 0) is 19.1 Å². The van der Waals surface area contributed by atoms with E-state index in [0.29, 0.717) is 12.1 Å². The van der Waals surface area contributed by atoms with Crippen molar-refractivity contribution in [2.24, 2.45) is 0 Å². The number of pyridine rings is 1. The SMILES string of the molecule is CCN(CCC(=O)O)C(=O)c1ccc(N(C)C)nc1. The van der Waals surface area contributed by atoms with E-state index in [1.54, 1.807) is 12.1 Å². The summed E-state index contributed by atoms with van der Waals surface area (Å²) in [5, 5.41) is 8.65. The summed E-state index contributed by atoms with van der Waals surface area (Å²) in [7, 11) is 3.74. The minimum absolute atomic E-state index is 0.0528. The normalized spacial score (nSPS) is 10.1. The maximum Gasteiger partial charge on any atom is 0.305 e. The van der Waals surface area contributed by atoms with Crippen LogP contribution in [0.3, 0.4) is 0 Å². The Bertz CT molecular complexity index is 443. The van der Waals surface area contributed by atoms with E-state index in [1.807, 2.05) is 25.9 Å². The van der Waals surface area contributed by atoms with Gasteiger partial charge < -0.3 is 14.9 Å². The number of carboxylic acids is 1. The van der Waals surface area contributed by atoms with Crippen molar-refractivity contribution in [3.63, 3.8) is 0 Å². The van der Waals surface area contributed by atoms with Gasteiger partial charge >= 0.3 is 5.97 Å². The summed E-state index contributed by atoms with van der Waals surface area (Å²) in [4.78, 5) is 30.2. The smallest absolute Gasteiger partial charge is 0.305 e. The first-order valence-electron chi connectivity index (χ1n) is 6.10. The molecule has 1 aromatic heterocycles. The van der Waals surface area contributed by atoms with Crippen molar-refractivity contribution in [3.05, 3.63) is 23.9 Å². The van der Waals surface area contributed by atoms with Crippen molar-refractivity contribution in [1.29, 1.82) is 0 Å². The molecule has 0 aliphatic rings. The molecule has 6 nitrogen and oxygen atoms in total. The minimum Gasteiger partial charge on any atom is -0.481 e. The molecule has 0 fully saturated rings. The summed E-state index contributed by atoms with van der Waals surface area (Å²) < 4.78 is 0. The molecule has 0 saturated carbocycles. The van der Waals surface area contributed by atoms with E-state index in [-0.39, 0.29) is 18.9 Å². The van der Waals surface area contributed by atoms with Gasteiger partial charge in [-0.3, -0.25) is 9.59 Å². The van der Waals surface area contributed by atoms with Crippen molar-refractivity contribution in [2.45, 2.75) is 13.3 Å². The van der Waals surface area contributed by atoms with Crippen LogP contribution in [-0.4, -0.2) is 54.1 Å². The molecule has 0 saturated heterocycles. The Morgan fingerprint density at radius 2 is 2.00 bits per heavy atom. The van der Waals surface area contributed by atoms with Crippen LogP contribution in [-0.2, 0) is 4.79 Å². The van der Waals surface area contributed by atoms with E-state index in [9.17, 15) is 9.59 Å². The first kappa shape index (κ1) is 14.9. The molecule has 0 unspecified atom stereocenters. The summed E-state index contributed by atoms with van der Waals surface area (Å²) in [5.41, 5.74) is 0.470. The first-order valence-corrected chi connectivity index (χ1v) is 6.10. The molecule has 1 N–H and O–H groups in total. The van der Waals surface area contributed by atoms with Crippen LogP contribution >= 0.6 is 0 Å². The number of hydrogen-bond donors (Lipinski definition) is 1. The predicted octanol–water partition coefficient (Wildman–Crippen LogP) is 1.08. The third-order valence-electron chi connectivity index (χ3n) is 2.72. The van der Waals surface area contributed by atoms with E-state index in [2.05, 4.69) is 4.98 Å². The van der Waals surface area contributed by atoms with Gasteiger partial charge in [-0.1, -0.05) is 0 Å². The Labute approximate surface area is 112 Å². The molecular formula is C13H19N3O3. The number of aliphatic carboxylic acids is 1. The molecule has 0 radical (unpaired) electrons. The van der Waals surface area contributed by atoms with Gasteiger partial charge in [0, 0.05) is 33.4 Å². The van der Waals surface area contributed by atoms with Crippen LogP contribution in [0.5, 0.6) is 0 Å². The number of carbonyl (C=O) groups is 2. The molecule has 0 aromatic carbocycles. The van der Waals surface area contributed by atoms with Crippen molar-refractivity contribution >= 4 is 17.7 Å². The van der Waals surface area contributed by atoms with Crippen LogP contribution in [0.1, 0.15) is 23.7 Å². The Morgan fingerprint density at radius 3 is 2.42 bits per heavy atom. The minimum atomic E-state index is -0.910. The van der Waals surface area contributed by atoms with Gasteiger partial charge in [-0.2, -0.15) is 0 Å². The van der Waals surface area contributed by atoms with Crippen LogP contribution in [0.25, 0.3) is 0 Å². The van der Waals surface area contributed by atoms with Crippen molar-refractivity contribution < 1.29 is 14.7 Å². The van der Waals surface area contributed by atoms with Gasteiger partial charge in [-0.15, -0.1) is 0 Å². The average molecular weight is 265 g/mol. The van der Waals surface area contributed by atoms with Crippen molar-refractivity contribution in [3.8, 4) is 0 Å². The number of rotatable bonds is 6. The number of carbonyl (C=O) groups excluding carboxylic acids is 1. The second-order valence-electron chi connectivity index (χ2n) is 4.33. The van der Waals surface area contributed by atoms with Gasteiger partial charge in [0.05, 0.1) is 12.0 Å². The standard InChI is InChI=1S/C13H19N3O3/c1-4-16(8-7-12(17)18)13(19)10-5-6-11(14-9-10)15(2)3/h5-6,9H,4,7-8H2,1-3H3,(H,17,18). The summed E-state index contributed by atoms with van der Waals surface area (Å²) >= 11 is 0. The first-order chi connectivity index (χ1) is 8.95.